The second kappa shape index (κ2) is 8.67. The first kappa shape index (κ1) is 19.0. The van der Waals surface area contributed by atoms with E-state index in [2.05, 4.69) is 18.5 Å². The molecule has 0 radical (unpaired) electrons. The van der Waals surface area contributed by atoms with E-state index in [0.29, 0.717) is 17.8 Å². The van der Waals surface area contributed by atoms with Crippen LogP contribution in [0.1, 0.15) is 15.9 Å². The molecule has 1 N–H and O–H groups in total. The number of nitrogens with zero attached hydrogens (tertiary/aromatic N) is 1. The van der Waals surface area contributed by atoms with Crippen molar-refractivity contribution >= 4 is 17.5 Å². The highest BCUT2D eigenvalue weighted by molar-refractivity contribution is 6.05. The number of methoxy groups -OCH3 is 1. The summed E-state index contributed by atoms with van der Waals surface area (Å²) in [5.41, 5.74) is 2.42. The molecule has 2 rings (SSSR count). The predicted octanol–water partition coefficient (Wildman–Crippen LogP) is 3.65. The number of carbonyl (C=O) groups is 2. The van der Waals surface area contributed by atoms with E-state index in [4.69, 9.17) is 4.74 Å². The fourth-order valence-electron chi connectivity index (χ4n) is 2.30. The third-order valence-corrected chi connectivity index (χ3v) is 3.85. The molecule has 0 aliphatic carbocycles. The van der Waals surface area contributed by atoms with Crippen LogP contribution in [-0.2, 0) is 11.3 Å². The first-order valence-electron chi connectivity index (χ1n) is 8.05. The highest BCUT2D eigenvalue weighted by Gasteiger charge is 2.12. The highest BCUT2D eigenvalue weighted by atomic mass is 16.5. The maximum atomic E-state index is 12.5. The number of hydrogen-bond donors (Lipinski definition) is 1. The van der Waals surface area contributed by atoms with Crippen LogP contribution in [-0.4, -0.2) is 30.9 Å². The Morgan fingerprint density at radius 3 is 2.27 bits per heavy atom. The lowest BCUT2D eigenvalue weighted by Crippen LogP contribution is -2.26. The van der Waals surface area contributed by atoms with Crippen molar-refractivity contribution in [1.29, 1.82) is 0 Å². The lowest BCUT2D eigenvalue weighted by atomic mass is 10.1. The van der Waals surface area contributed by atoms with Gasteiger partial charge in [-0.05, 0) is 42.0 Å². The van der Waals surface area contributed by atoms with Gasteiger partial charge in [0, 0.05) is 30.4 Å². The van der Waals surface area contributed by atoms with E-state index in [0.717, 1.165) is 11.3 Å². The summed E-state index contributed by atoms with van der Waals surface area (Å²) in [6.45, 7) is 7.58. The molecule has 0 fully saturated rings. The third kappa shape index (κ3) is 4.83. The molecule has 5 nitrogen and oxygen atoms in total. The Labute approximate surface area is 153 Å². The number of carbonyl (C=O) groups excluding carboxylic acids is 2. The molecule has 0 atom stereocenters. The number of hydrogen-bond acceptors (Lipinski definition) is 3. The number of ether oxygens (including phenoxy) is 1. The van der Waals surface area contributed by atoms with E-state index >= 15 is 0 Å². The van der Waals surface area contributed by atoms with E-state index in [1.54, 1.807) is 43.3 Å². The normalized spacial score (nSPS) is 9.92. The fraction of sp³-hybridized carbons (Fsp3) is 0.143. The van der Waals surface area contributed by atoms with E-state index in [1.165, 1.54) is 6.08 Å². The summed E-state index contributed by atoms with van der Waals surface area (Å²) in [4.78, 5) is 25.9. The summed E-state index contributed by atoms with van der Waals surface area (Å²) in [6.07, 6.45) is 1.39. The molecular weight excluding hydrogens is 328 g/mol. The smallest absolute Gasteiger partial charge is 0.255 e. The van der Waals surface area contributed by atoms with Crippen LogP contribution in [0.4, 0.5) is 5.69 Å². The van der Waals surface area contributed by atoms with Gasteiger partial charge in [0.15, 0.2) is 0 Å². The molecule has 26 heavy (non-hydrogen) atoms. The number of benzene rings is 2. The quantitative estimate of drug-likeness (QED) is 0.612. The van der Waals surface area contributed by atoms with Gasteiger partial charge in [-0.25, -0.2) is 0 Å². The van der Waals surface area contributed by atoms with Crippen LogP contribution in [0.2, 0.25) is 0 Å². The fourth-order valence-corrected chi connectivity index (χ4v) is 2.30. The van der Waals surface area contributed by atoms with Crippen molar-refractivity contribution in [3.05, 3.63) is 84.5 Å². The molecule has 2 amide bonds. The SMILES string of the molecule is C=CC(=C)C(=O)Nc1ccc(C(=O)N(C)Cc2ccc(OC)cc2)cc1. The van der Waals surface area contributed by atoms with Crippen molar-refractivity contribution in [2.75, 3.05) is 19.5 Å². The van der Waals surface area contributed by atoms with Crippen molar-refractivity contribution in [2.45, 2.75) is 6.54 Å². The number of amides is 2. The molecule has 2 aromatic carbocycles. The van der Waals surface area contributed by atoms with Crippen LogP contribution in [0.3, 0.4) is 0 Å². The molecular formula is C21H22N2O3. The highest BCUT2D eigenvalue weighted by Crippen LogP contribution is 2.15. The first-order chi connectivity index (χ1) is 12.4. The van der Waals surface area contributed by atoms with E-state index in [-0.39, 0.29) is 17.4 Å². The lowest BCUT2D eigenvalue weighted by Gasteiger charge is -2.18. The summed E-state index contributed by atoms with van der Waals surface area (Å²) in [6, 6.07) is 14.3. The molecule has 0 saturated heterocycles. The summed E-state index contributed by atoms with van der Waals surface area (Å²) in [5.74, 6) is 0.351. The molecule has 0 spiro atoms. The molecule has 0 aromatic heterocycles. The average molecular weight is 350 g/mol. The summed E-state index contributed by atoms with van der Waals surface area (Å²) >= 11 is 0. The second-order valence-electron chi connectivity index (χ2n) is 5.77. The van der Waals surface area contributed by atoms with Gasteiger partial charge in [0.1, 0.15) is 5.75 Å². The van der Waals surface area contributed by atoms with Gasteiger partial charge in [0.2, 0.25) is 0 Å². The van der Waals surface area contributed by atoms with Crippen LogP contribution in [0, 0.1) is 0 Å². The minimum absolute atomic E-state index is 0.103. The number of rotatable bonds is 7. The Kier molecular flexibility index (Phi) is 6.33. The largest absolute Gasteiger partial charge is 0.497 e. The molecule has 0 bridgehead atoms. The zero-order chi connectivity index (χ0) is 19.1. The van der Waals surface area contributed by atoms with Crippen molar-refractivity contribution in [2.24, 2.45) is 0 Å². The Bertz CT molecular complexity index is 808. The zero-order valence-electron chi connectivity index (χ0n) is 15.0. The third-order valence-electron chi connectivity index (χ3n) is 3.85. The van der Waals surface area contributed by atoms with Crippen LogP contribution in [0.25, 0.3) is 0 Å². The summed E-state index contributed by atoms with van der Waals surface area (Å²) in [7, 11) is 3.36. The number of nitrogens with one attached hydrogen (secondary N) is 1. The van der Waals surface area contributed by atoms with Crippen molar-refractivity contribution < 1.29 is 14.3 Å². The van der Waals surface area contributed by atoms with Crippen LogP contribution < -0.4 is 10.1 Å². The molecule has 0 aliphatic heterocycles. The number of anilines is 1. The van der Waals surface area contributed by atoms with Gasteiger partial charge in [-0.3, -0.25) is 9.59 Å². The van der Waals surface area contributed by atoms with E-state index in [1.807, 2.05) is 24.3 Å². The predicted molar refractivity (Wildman–Crippen MR) is 103 cm³/mol. The summed E-state index contributed by atoms with van der Waals surface area (Å²) in [5, 5.41) is 2.69. The van der Waals surface area contributed by atoms with Crippen molar-refractivity contribution in [1.82, 2.24) is 4.90 Å². The summed E-state index contributed by atoms with van der Waals surface area (Å²) < 4.78 is 5.13. The standard InChI is InChI=1S/C21H22N2O3/c1-5-15(2)20(24)22-18-10-8-17(9-11-18)21(25)23(3)14-16-6-12-19(26-4)13-7-16/h5-13H,1-2,14H2,3-4H3,(H,22,24). The Balaban J connectivity index is 2.00. The maximum absolute atomic E-state index is 12.5. The van der Waals surface area contributed by atoms with Gasteiger partial charge >= 0.3 is 0 Å². The lowest BCUT2D eigenvalue weighted by molar-refractivity contribution is -0.112. The zero-order valence-corrected chi connectivity index (χ0v) is 15.0. The molecule has 0 unspecified atom stereocenters. The van der Waals surface area contributed by atoms with Crippen molar-refractivity contribution in [3.8, 4) is 5.75 Å². The van der Waals surface area contributed by atoms with Crippen LogP contribution in [0.5, 0.6) is 5.75 Å². The van der Waals surface area contributed by atoms with Gasteiger partial charge in [-0.1, -0.05) is 31.4 Å². The molecule has 134 valence electrons. The maximum Gasteiger partial charge on any atom is 0.255 e. The minimum Gasteiger partial charge on any atom is -0.497 e. The monoisotopic (exact) mass is 350 g/mol. The van der Waals surface area contributed by atoms with Gasteiger partial charge < -0.3 is 15.0 Å². The molecule has 0 aliphatic rings. The minimum atomic E-state index is -0.323. The van der Waals surface area contributed by atoms with Crippen LogP contribution >= 0.6 is 0 Å². The second-order valence-corrected chi connectivity index (χ2v) is 5.77. The van der Waals surface area contributed by atoms with Gasteiger partial charge in [0.05, 0.1) is 7.11 Å². The molecule has 0 saturated carbocycles. The van der Waals surface area contributed by atoms with E-state index in [9.17, 15) is 9.59 Å². The van der Waals surface area contributed by atoms with E-state index < -0.39 is 0 Å². The molecule has 5 heteroatoms. The van der Waals surface area contributed by atoms with Crippen LogP contribution in [0.15, 0.2) is 73.3 Å². The first-order valence-corrected chi connectivity index (χ1v) is 8.05. The van der Waals surface area contributed by atoms with Gasteiger partial charge in [-0.2, -0.15) is 0 Å². The van der Waals surface area contributed by atoms with Crippen molar-refractivity contribution in [3.63, 3.8) is 0 Å². The van der Waals surface area contributed by atoms with Gasteiger partial charge in [0.25, 0.3) is 11.8 Å². The topological polar surface area (TPSA) is 58.6 Å². The average Bonchev–Trinajstić information content (AvgIpc) is 2.67. The Hall–Kier alpha value is -3.34. The molecule has 2 aromatic rings. The van der Waals surface area contributed by atoms with Gasteiger partial charge in [-0.15, -0.1) is 0 Å². The Morgan fingerprint density at radius 1 is 1.12 bits per heavy atom. The Morgan fingerprint density at radius 2 is 1.73 bits per heavy atom. The molecule has 0 heterocycles.